The van der Waals surface area contributed by atoms with Crippen LogP contribution in [0.2, 0.25) is 0 Å². The van der Waals surface area contributed by atoms with Gasteiger partial charge in [0.2, 0.25) is 0 Å². The summed E-state index contributed by atoms with van der Waals surface area (Å²) in [5.74, 6) is 0.146. The molecular weight excluding hydrogens is 226 g/mol. The van der Waals surface area contributed by atoms with Crippen molar-refractivity contribution in [2.24, 2.45) is 10.9 Å². The van der Waals surface area contributed by atoms with Crippen molar-refractivity contribution in [3.05, 3.63) is 36.0 Å². The summed E-state index contributed by atoms with van der Waals surface area (Å²) in [5, 5.41) is 12.9. The molecule has 2 rings (SSSR count). The maximum absolute atomic E-state index is 8.73. The molecule has 0 radical (unpaired) electrons. The zero-order valence-corrected chi connectivity index (χ0v) is 10.8. The number of rotatable bonds is 4. The SMILES string of the molecule is CCCC(C)n1ccc2ccc(/C(N)=N/O)cc21. The zero-order chi connectivity index (χ0) is 13.1. The molecule has 0 aliphatic rings. The number of benzene rings is 1. The van der Waals surface area contributed by atoms with E-state index < -0.39 is 0 Å². The lowest BCUT2D eigenvalue weighted by Gasteiger charge is -2.14. The van der Waals surface area contributed by atoms with Gasteiger partial charge in [0.15, 0.2) is 5.84 Å². The third-order valence-electron chi connectivity index (χ3n) is 3.31. The van der Waals surface area contributed by atoms with Crippen LogP contribution < -0.4 is 5.73 Å². The van der Waals surface area contributed by atoms with Crippen LogP contribution in [0.3, 0.4) is 0 Å². The number of hydrogen-bond donors (Lipinski definition) is 2. The predicted molar refractivity (Wildman–Crippen MR) is 74.1 cm³/mol. The number of aromatic nitrogens is 1. The monoisotopic (exact) mass is 245 g/mol. The number of oxime groups is 1. The summed E-state index contributed by atoms with van der Waals surface area (Å²) >= 11 is 0. The Morgan fingerprint density at radius 3 is 2.89 bits per heavy atom. The molecule has 1 heterocycles. The molecule has 0 amide bonds. The van der Waals surface area contributed by atoms with Gasteiger partial charge in [-0.05, 0) is 30.9 Å². The summed E-state index contributed by atoms with van der Waals surface area (Å²) in [6, 6.07) is 8.38. The second-order valence-electron chi connectivity index (χ2n) is 4.62. The molecule has 1 aromatic carbocycles. The first-order chi connectivity index (χ1) is 8.67. The number of amidine groups is 1. The van der Waals surface area contributed by atoms with Gasteiger partial charge in [0.05, 0.1) is 0 Å². The van der Waals surface area contributed by atoms with Gasteiger partial charge in [0.25, 0.3) is 0 Å². The van der Waals surface area contributed by atoms with Crippen LogP contribution in [0.1, 0.15) is 38.3 Å². The third-order valence-corrected chi connectivity index (χ3v) is 3.31. The van der Waals surface area contributed by atoms with E-state index in [1.807, 2.05) is 18.2 Å². The smallest absolute Gasteiger partial charge is 0.170 e. The molecule has 96 valence electrons. The van der Waals surface area contributed by atoms with Crippen molar-refractivity contribution >= 4 is 16.7 Å². The summed E-state index contributed by atoms with van der Waals surface area (Å²) in [7, 11) is 0. The van der Waals surface area contributed by atoms with Crippen LogP contribution in [0.5, 0.6) is 0 Å². The first-order valence-electron chi connectivity index (χ1n) is 6.26. The molecule has 0 bridgehead atoms. The van der Waals surface area contributed by atoms with E-state index in [-0.39, 0.29) is 5.84 Å². The van der Waals surface area contributed by atoms with Crippen molar-refractivity contribution in [2.75, 3.05) is 0 Å². The largest absolute Gasteiger partial charge is 0.409 e. The van der Waals surface area contributed by atoms with Crippen LogP contribution in [0.25, 0.3) is 10.9 Å². The van der Waals surface area contributed by atoms with Gasteiger partial charge >= 0.3 is 0 Å². The second kappa shape index (κ2) is 5.12. The summed E-state index contributed by atoms with van der Waals surface area (Å²) < 4.78 is 2.24. The zero-order valence-electron chi connectivity index (χ0n) is 10.8. The van der Waals surface area contributed by atoms with E-state index in [0.717, 1.165) is 23.9 Å². The fourth-order valence-corrected chi connectivity index (χ4v) is 2.31. The molecule has 4 heteroatoms. The average Bonchev–Trinajstić information content (AvgIpc) is 2.80. The minimum atomic E-state index is 0.146. The van der Waals surface area contributed by atoms with E-state index >= 15 is 0 Å². The molecule has 1 atom stereocenters. The Hall–Kier alpha value is -1.97. The first kappa shape index (κ1) is 12.5. The van der Waals surface area contributed by atoms with Crippen molar-refractivity contribution < 1.29 is 5.21 Å². The Kier molecular flexibility index (Phi) is 3.55. The summed E-state index contributed by atoms with van der Waals surface area (Å²) in [4.78, 5) is 0. The highest BCUT2D eigenvalue weighted by Gasteiger charge is 2.09. The minimum absolute atomic E-state index is 0.146. The van der Waals surface area contributed by atoms with Crippen molar-refractivity contribution in [3.63, 3.8) is 0 Å². The molecule has 4 nitrogen and oxygen atoms in total. The van der Waals surface area contributed by atoms with Crippen molar-refractivity contribution in [3.8, 4) is 0 Å². The lowest BCUT2D eigenvalue weighted by Crippen LogP contribution is -2.13. The van der Waals surface area contributed by atoms with Gasteiger partial charge in [-0.3, -0.25) is 0 Å². The van der Waals surface area contributed by atoms with Gasteiger partial charge in [-0.1, -0.05) is 30.6 Å². The van der Waals surface area contributed by atoms with E-state index in [1.165, 1.54) is 5.39 Å². The Balaban J connectivity index is 2.49. The highest BCUT2D eigenvalue weighted by molar-refractivity contribution is 6.00. The van der Waals surface area contributed by atoms with E-state index in [2.05, 4.69) is 35.8 Å². The maximum Gasteiger partial charge on any atom is 0.170 e. The molecule has 18 heavy (non-hydrogen) atoms. The van der Waals surface area contributed by atoms with Gasteiger partial charge in [-0.25, -0.2) is 0 Å². The van der Waals surface area contributed by atoms with Crippen molar-refractivity contribution in [1.82, 2.24) is 4.57 Å². The third kappa shape index (κ3) is 2.18. The first-order valence-corrected chi connectivity index (χ1v) is 6.26. The van der Waals surface area contributed by atoms with Gasteiger partial charge in [0, 0.05) is 23.3 Å². The molecule has 0 saturated carbocycles. The standard InChI is InChI=1S/C14H19N3O/c1-3-4-10(2)17-8-7-11-5-6-12(9-13(11)17)14(15)16-18/h5-10,18H,3-4H2,1-2H3,(H2,15,16). The van der Waals surface area contributed by atoms with E-state index in [1.54, 1.807) is 0 Å². The Bertz CT molecular complexity index is 571. The van der Waals surface area contributed by atoms with Crippen LogP contribution in [0.15, 0.2) is 35.6 Å². The Morgan fingerprint density at radius 1 is 1.44 bits per heavy atom. The molecule has 0 aliphatic heterocycles. The van der Waals surface area contributed by atoms with Crippen LogP contribution in [-0.2, 0) is 0 Å². The molecular formula is C14H19N3O. The van der Waals surface area contributed by atoms with Crippen LogP contribution in [0, 0.1) is 0 Å². The highest BCUT2D eigenvalue weighted by Crippen LogP contribution is 2.23. The fraction of sp³-hybridized carbons (Fsp3) is 0.357. The number of nitrogens with zero attached hydrogens (tertiary/aromatic N) is 2. The molecule has 0 aliphatic carbocycles. The molecule has 0 spiro atoms. The van der Waals surface area contributed by atoms with Crippen LogP contribution in [0.4, 0.5) is 0 Å². The van der Waals surface area contributed by atoms with Crippen molar-refractivity contribution in [2.45, 2.75) is 32.7 Å². The highest BCUT2D eigenvalue weighted by atomic mass is 16.4. The summed E-state index contributed by atoms with van der Waals surface area (Å²) in [6.45, 7) is 4.39. The quantitative estimate of drug-likeness (QED) is 0.376. The van der Waals surface area contributed by atoms with Gasteiger partial charge < -0.3 is 15.5 Å². The molecule has 0 saturated heterocycles. The minimum Gasteiger partial charge on any atom is -0.409 e. The normalized spacial score (nSPS) is 14.0. The number of fused-ring (bicyclic) bond motifs is 1. The van der Waals surface area contributed by atoms with E-state index in [9.17, 15) is 0 Å². The lowest BCUT2D eigenvalue weighted by molar-refractivity contribution is 0.318. The van der Waals surface area contributed by atoms with Gasteiger partial charge in [0.1, 0.15) is 0 Å². The van der Waals surface area contributed by atoms with Crippen LogP contribution >= 0.6 is 0 Å². The Labute approximate surface area is 107 Å². The average molecular weight is 245 g/mol. The molecule has 0 fully saturated rings. The molecule has 1 unspecified atom stereocenters. The predicted octanol–water partition coefficient (Wildman–Crippen LogP) is 3.10. The molecule has 3 N–H and O–H groups in total. The number of hydrogen-bond acceptors (Lipinski definition) is 2. The lowest BCUT2D eigenvalue weighted by atomic mass is 10.1. The topological polar surface area (TPSA) is 63.5 Å². The Morgan fingerprint density at radius 2 is 2.22 bits per heavy atom. The van der Waals surface area contributed by atoms with E-state index in [4.69, 9.17) is 10.9 Å². The van der Waals surface area contributed by atoms with E-state index in [0.29, 0.717) is 6.04 Å². The summed E-state index contributed by atoms with van der Waals surface area (Å²) in [6.07, 6.45) is 4.39. The van der Waals surface area contributed by atoms with Gasteiger partial charge in [-0.15, -0.1) is 0 Å². The molecule has 1 aromatic heterocycles. The summed E-state index contributed by atoms with van der Waals surface area (Å²) in [5.41, 5.74) is 7.50. The maximum atomic E-state index is 8.73. The molecule has 2 aromatic rings. The van der Waals surface area contributed by atoms with Gasteiger partial charge in [-0.2, -0.15) is 0 Å². The second-order valence-corrected chi connectivity index (χ2v) is 4.62. The fourth-order valence-electron chi connectivity index (χ4n) is 2.31. The number of nitrogens with two attached hydrogens (primary N) is 1. The van der Waals surface area contributed by atoms with Crippen molar-refractivity contribution in [1.29, 1.82) is 0 Å². The van der Waals surface area contributed by atoms with Crippen LogP contribution in [-0.4, -0.2) is 15.6 Å².